The molecule has 0 bridgehead atoms. The average Bonchev–Trinajstić information content (AvgIpc) is 2.81. The molecular weight excluding hydrogens is 382 g/mol. The molecule has 0 spiro atoms. The van der Waals surface area contributed by atoms with Gasteiger partial charge in [-0.15, -0.1) is 0 Å². The van der Waals surface area contributed by atoms with E-state index in [2.05, 4.69) is 24.3 Å². The topological polar surface area (TPSA) is 60.9 Å². The molecule has 0 aliphatic rings. The number of aromatic nitrogens is 2. The molecule has 0 saturated carbocycles. The number of nitrogens with zero attached hydrogens (tertiary/aromatic N) is 2. The van der Waals surface area contributed by atoms with Crippen LogP contribution >= 0.6 is 0 Å². The van der Waals surface area contributed by atoms with Crippen LogP contribution < -0.4 is 11.3 Å². The number of nitrogens with two attached hydrogens (primary N) is 1. The molecule has 5 aromatic rings. The Balaban J connectivity index is 1.81. The molecule has 5 rings (SSSR count). The third-order valence-electron chi connectivity index (χ3n) is 5.71. The first-order valence-electron chi connectivity index (χ1n) is 10.4. The molecule has 1 aromatic heterocycles. The third-order valence-corrected chi connectivity index (χ3v) is 5.71. The van der Waals surface area contributed by atoms with Gasteiger partial charge in [0.1, 0.15) is 5.82 Å². The maximum atomic E-state index is 13.7. The van der Waals surface area contributed by atoms with Crippen molar-refractivity contribution in [2.45, 2.75) is 20.0 Å². The Morgan fingerprint density at radius 2 is 1.61 bits per heavy atom. The standard InChI is InChI=1S/C27H23N3O/c1-18-12-13-25-24(14-18)27(31)30(17-20-7-4-6-19(15-20)16-28)26(29-25)23-11-5-9-21-8-2-3-10-22(21)23/h2-15H,16-17,28H2,1H3. The number of rotatable bonds is 4. The zero-order chi connectivity index (χ0) is 21.4. The minimum Gasteiger partial charge on any atom is -0.326 e. The first-order valence-corrected chi connectivity index (χ1v) is 10.4. The Morgan fingerprint density at radius 3 is 2.48 bits per heavy atom. The monoisotopic (exact) mass is 405 g/mol. The Bertz CT molecular complexity index is 1480. The van der Waals surface area contributed by atoms with E-state index in [0.29, 0.717) is 29.8 Å². The number of fused-ring (bicyclic) bond motifs is 2. The van der Waals surface area contributed by atoms with Crippen LogP contribution in [0, 0.1) is 6.92 Å². The lowest BCUT2D eigenvalue weighted by Gasteiger charge is -2.16. The van der Waals surface area contributed by atoms with Crippen LogP contribution in [0.5, 0.6) is 0 Å². The maximum Gasteiger partial charge on any atom is 0.261 e. The molecular formula is C27H23N3O. The fourth-order valence-corrected chi connectivity index (χ4v) is 4.14. The van der Waals surface area contributed by atoms with Gasteiger partial charge in [-0.25, -0.2) is 4.98 Å². The van der Waals surface area contributed by atoms with E-state index in [1.807, 2.05) is 67.6 Å². The van der Waals surface area contributed by atoms with E-state index in [9.17, 15) is 4.79 Å². The second-order valence-electron chi connectivity index (χ2n) is 7.90. The summed E-state index contributed by atoms with van der Waals surface area (Å²) in [7, 11) is 0. The first-order chi connectivity index (χ1) is 15.1. The Kier molecular flexibility index (Phi) is 4.85. The van der Waals surface area contributed by atoms with Crippen LogP contribution in [-0.4, -0.2) is 9.55 Å². The van der Waals surface area contributed by atoms with Crippen LogP contribution in [-0.2, 0) is 13.1 Å². The van der Waals surface area contributed by atoms with E-state index >= 15 is 0 Å². The predicted molar refractivity (Wildman–Crippen MR) is 127 cm³/mol. The minimum atomic E-state index is -0.0326. The van der Waals surface area contributed by atoms with E-state index in [1.54, 1.807) is 4.57 Å². The van der Waals surface area contributed by atoms with Gasteiger partial charge in [0.15, 0.2) is 0 Å². The van der Waals surface area contributed by atoms with Gasteiger partial charge >= 0.3 is 0 Å². The van der Waals surface area contributed by atoms with Crippen molar-refractivity contribution in [1.29, 1.82) is 0 Å². The van der Waals surface area contributed by atoms with E-state index in [1.165, 1.54) is 0 Å². The van der Waals surface area contributed by atoms with E-state index in [4.69, 9.17) is 10.7 Å². The molecule has 0 radical (unpaired) electrons. The Labute approximate surface area is 180 Å². The molecule has 4 heteroatoms. The van der Waals surface area contributed by atoms with Gasteiger partial charge in [0.2, 0.25) is 0 Å². The highest BCUT2D eigenvalue weighted by molar-refractivity contribution is 5.96. The van der Waals surface area contributed by atoms with Crippen LogP contribution in [0.1, 0.15) is 16.7 Å². The summed E-state index contributed by atoms with van der Waals surface area (Å²) in [5.41, 5.74) is 10.6. The molecule has 1 heterocycles. The van der Waals surface area contributed by atoms with Gasteiger partial charge in [-0.3, -0.25) is 9.36 Å². The third kappa shape index (κ3) is 3.51. The van der Waals surface area contributed by atoms with Gasteiger partial charge in [0, 0.05) is 12.1 Å². The maximum absolute atomic E-state index is 13.7. The molecule has 4 nitrogen and oxygen atoms in total. The largest absolute Gasteiger partial charge is 0.326 e. The van der Waals surface area contributed by atoms with E-state index in [0.717, 1.165) is 33.0 Å². The molecule has 4 aromatic carbocycles. The van der Waals surface area contributed by atoms with E-state index < -0.39 is 0 Å². The van der Waals surface area contributed by atoms with Crippen LogP contribution in [0.25, 0.3) is 33.1 Å². The highest BCUT2D eigenvalue weighted by Crippen LogP contribution is 2.28. The van der Waals surface area contributed by atoms with Crippen molar-refractivity contribution in [2.24, 2.45) is 5.73 Å². The molecule has 0 aliphatic carbocycles. The summed E-state index contributed by atoms with van der Waals surface area (Å²) >= 11 is 0. The zero-order valence-electron chi connectivity index (χ0n) is 17.4. The summed E-state index contributed by atoms with van der Waals surface area (Å²) in [5.74, 6) is 0.677. The number of hydrogen-bond acceptors (Lipinski definition) is 3. The zero-order valence-corrected chi connectivity index (χ0v) is 17.4. The summed E-state index contributed by atoms with van der Waals surface area (Å²) in [5, 5.41) is 2.83. The van der Waals surface area contributed by atoms with Crippen LogP contribution in [0.15, 0.2) is 89.7 Å². The quantitative estimate of drug-likeness (QED) is 0.456. The van der Waals surface area contributed by atoms with E-state index in [-0.39, 0.29) is 5.56 Å². The number of benzene rings is 4. The second-order valence-corrected chi connectivity index (χ2v) is 7.90. The summed E-state index contributed by atoms with van der Waals surface area (Å²) in [6, 6.07) is 28.2. The Morgan fingerprint density at radius 1 is 0.839 bits per heavy atom. The van der Waals surface area contributed by atoms with Gasteiger partial charge in [-0.05, 0) is 41.0 Å². The van der Waals surface area contributed by atoms with Gasteiger partial charge in [0.05, 0.1) is 17.4 Å². The fourth-order valence-electron chi connectivity index (χ4n) is 4.14. The number of hydrogen-bond donors (Lipinski definition) is 1. The fraction of sp³-hybridized carbons (Fsp3) is 0.111. The second kappa shape index (κ2) is 7.82. The summed E-state index contributed by atoms with van der Waals surface area (Å²) in [6.45, 7) is 2.89. The Hall–Kier alpha value is -3.76. The molecule has 0 amide bonds. The van der Waals surface area contributed by atoms with Crippen molar-refractivity contribution in [3.05, 3.63) is 112 Å². The lowest BCUT2D eigenvalue weighted by Crippen LogP contribution is -2.24. The smallest absolute Gasteiger partial charge is 0.261 e. The van der Waals surface area contributed by atoms with Gasteiger partial charge in [-0.2, -0.15) is 0 Å². The lowest BCUT2D eigenvalue weighted by atomic mass is 10.0. The summed E-state index contributed by atoms with van der Waals surface area (Å²) < 4.78 is 1.79. The van der Waals surface area contributed by atoms with Crippen LogP contribution in [0.3, 0.4) is 0 Å². The molecule has 0 saturated heterocycles. The molecule has 31 heavy (non-hydrogen) atoms. The molecule has 2 N–H and O–H groups in total. The average molecular weight is 406 g/mol. The van der Waals surface area contributed by atoms with Crippen LogP contribution in [0.2, 0.25) is 0 Å². The molecule has 0 fully saturated rings. The molecule has 152 valence electrons. The van der Waals surface area contributed by atoms with Crippen LogP contribution in [0.4, 0.5) is 0 Å². The predicted octanol–water partition coefficient (Wildman–Crippen LogP) is 5.03. The van der Waals surface area contributed by atoms with Crippen molar-refractivity contribution in [3.63, 3.8) is 0 Å². The van der Waals surface area contributed by atoms with Crippen molar-refractivity contribution < 1.29 is 0 Å². The highest BCUT2D eigenvalue weighted by Gasteiger charge is 2.15. The first kappa shape index (κ1) is 19.2. The molecule has 0 unspecified atom stereocenters. The summed E-state index contributed by atoms with van der Waals surface area (Å²) in [6.07, 6.45) is 0. The number of aryl methyl sites for hydroxylation is 1. The molecule has 0 atom stereocenters. The van der Waals surface area contributed by atoms with Crippen molar-refractivity contribution in [3.8, 4) is 11.4 Å². The summed E-state index contributed by atoms with van der Waals surface area (Å²) in [4.78, 5) is 18.6. The highest BCUT2D eigenvalue weighted by atomic mass is 16.1. The normalized spacial score (nSPS) is 11.3. The molecule has 0 aliphatic heterocycles. The van der Waals surface area contributed by atoms with Gasteiger partial charge in [0.25, 0.3) is 5.56 Å². The van der Waals surface area contributed by atoms with Crippen molar-refractivity contribution in [2.75, 3.05) is 0 Å². The minimum absolute atomic E-state index is 0.0326. The van der Waals surface area contributed by atoms with Gasteiger partial charge in [-0.1, -0.05) is 78.4 Å². The van der Waals surface area contributed by atoms with Crippen molar-refractivity contribution >= 4 is 21.7 Å². The van der Waals surface area contributed by atoms with Gasteiger partial charge < -0.3 is 5.73 Å². The van der Waals surface area contributed by atoms with Crippen molar-refractivity contribution in [1.82, 2.24) is 9.55 Å². The lowest BCUT2D eigenvalue weighted by molar-refractivity contribution is 0.758. The SMILES string of the molecule is Cc1ccc2nc(-c3cccc4ccccc34)n(Cc3cccc(CN)c3)c(=O)c2c1.